The van der Waals surface area contributed by atoms with Crippen molar-refractivity contribution in [2.75, 3.05) is 13.7 Å². The molecule has 0 N–H and O–H groups in total. The fraction of sp³-hybridized carbons (Fsp3) is 0.579. The number of hydrogen-bond donors (Lipinski definition) is 0. The van der Waals surface area contributed by atoms with Gasteiger partial charge in [-0.25, -0.2) is 9.59 Å². The Balaban J connectivity index is 2.25. The molecule has 25 heavy (non-hydrogen) atoms. The molecule has 1 aliphatic rings. The lowest BCUT2D eigenvalue weighted by Crippen LogP contribution is -2.54. The quantitative estimate of drug-likeness (QED) is 0.780. The average molecular weight is 349 g/mol. The van der Waals surface area contributed by atoms with Crippen LogP contribution < -0.4 is 0 Å². The first-order chi connectivity index (χ1) is 11.6. The molecule has 1 aromatic rings. The topological polar surface area (TPSA) is 65.1 Å². The number of rotatable bonds is 4. The predicted octanol–water partition coefficient (Wildman–Crippen LogP) is 3.32. The number of carbonyl (C=O) groups is 2. The first-order valence-electron chi connectivity index (χ1n) is 8.38. The van der Waals surface area contributed by atoms with Crippen molar-refractivity contribution in [2.24, 2.45) is 0 Å². The van der Waals surface area contributed by atoms with Gasteiger partial charge in [0.2, 0.25) is 6.10 Å². The molecule has 1 fully saturated rings. The summed E-state index contributed by atoms with van der Waals surface area (Å²) in [5.41, 5.74) is -0.448. The van der Waals surface area contributed by atoms with E-state index in [9.17, 15) is 9.59 Å². The summed E-state index contributed by atoms with van der Waals surface area (Å²) >= 11 is 0. The van der Waals surface area contributed by atoms with Crippen LogP contribution in [0.5, 0.6) is 0 Å². The van der Waals surface area contributed by atoms with E-state index in [0.717, 1.165) is 5.56 Å². The number of esters is 1. The van der Waals surface area contributed by atoms with Gasteiger partial charge in [0.15, 0.2) is 0 Å². The lowest BCUT2D eigenvalue weighted by molar-refractivity contribution is -0.153. The second-order valence-corrected chi connectivity index (χ2v) is 7.41. The highest BCUT2D eigenvalue weighted by Gasteiger charge is 2.50. The maximum atomic E-state index is 12.9. The van der Waals surface area contributed by atoms with Crippen molar-refractivity contribution in [1.29, 1.82) is 0 Å². The molecule has 6 heteroatoms. The van der Waals surface area contributed by atoms with E-state index in [1.165, 1.54) is 12.0 Å². The molecule has 1 amide bonds. The summed E-state index contributed by atoms with van der Waals surface area (Å²) in [5.74, 6) is -0.923. The summed E-state index contributed by atoms with van der Waals surface area (Å²) in [6.45, 7) is 9.63. The minimum absolute atomic E-state index is 0.340. The van der Waals surface area contributed by atoms with E-state index in [0.29, 0.717) is 6.61 Å². The van der Waals surface area contributed by atoms with E-state index in [4.69, 9.17) is 14.2 Å². The molecule has 1 saturated heterocycles. The number of amides is 1. The molecular weight excluding hydrogens is 322 g/mol. The summed E-state index contributed by atoms with van der Waals surface area (Å²) in [5, 5.41) is 0. The Kier molecular flexibility index (Phi) is 5.42. The fourth-order valence-corrected chi connectivity index (χ4v) is 3.24. The zero-order chi connectivity index (χ0) is 18.8. The van der Waals surface area contributed by atoms with Crippen LogP contribution in [0.2, 0.25) is 0 Å². The molecule has 1 aromatic carbocycles. The highest BCUT2D eigenvalue weighted by atomic mass is 16.6. The van der Waals surface area contributed by atoms with Crippen molar-refractivity contribution < 1.29 is 23.8 Å². The Morgan fingerprint density at radius 2 is 1.76 bits per heavy atom. The van der Waals surface area contributed by atoms with E-state index in [-0.39, 0.29) is 5.92 Å². The minimum atomic E-state index is -1.04. The largest absolute Gasteiger partial charge is 0.466 e. The van der Waals surface area contributed by atoms with Crippen molar-refractivity contribution in [3.63, 3.8) is 0 Å². The van der Waals surface area contributed by atoms with Crippen LogP contribution in [-0.2, 0) is 19.0 Å². The van der Waals surface area contributed by atoms with Gasteiger partial charge in [-0.2, -0.15) is 0 Å². The molecule has 0 saturated carbocycles. The molecule has 0 bridgehead atoms. The highest BCUT2D eigenvalue weighted by Crippen LogP contribution is 2.36. The molecular formula is C19H27NO5. The number of ether oxygens (including phenoxy) is 3. The van der Waals surface area contributed by atoms with Gasteiger partial charge < -0.3 is 14.2 Å². The van der Waals surface area contributed by atoms with E-state index >= 15 is 0 Å². The standard InChI is InChI=1S/C19H27NO5/c1-13(14-10-8-7-9-11-14)15(16(21)23-6)25-17(22)20-18(2,3)12-24-19(20,4)5/h7-11,13,15H,12H2,1-6H3/t13-,15-/m0/s1. The van der Waals surface area contributed by atoms with Crippen LogP contribution in [0, 0.1) is 0 Å². The third-order valence-corrected chi connectivity index (χ3v) is 4.55. The summed E-state index contributed by atoms with van der Waals surface area (Å²) in [6.07, 6.45) is -1.63. The number of methoxy groups -OCH3 is 1. The van der Waals surface area contributed by atoms with Gasteiger partial charge in [-0.15, -0.1) is 0 Å². The molecule has 0 aromatic heterocycles. The van der Waals surface area contributed by atoms with Gasteiger partial charge in [0, 0.05) is 5.92 Å². The lowest BCUT2D eigenvalue weighted by atomic mass is 9.95. The Hall–Kier alpha value is -2.08. The second-order valence-electron chi connectivity index (χ2n) is 7.41. The van der Waals surface area contributed by atoms with Crippen molar-refractivity contribution in [3.05, 3.63) is 35.9 Å². The van der Waals surface area contributed by atoms with E-state index in [1.54, 1.807) is 13.8 Å². The molecule has 0 spiro atoms. The fourth-order valence-electron chi connectivity index (χ4n) is 3.24. The second kappa shape index (κ2) is 7.04. The van der Waals surface area contributed by atoms with E-state index in [2.05, 4.69) is 0 Å². The van der Waals surface area contributed by atoms with Gasteiger partial charge in [-0.1, -0.05) is 37.3 Å². The average Bonchev–Trinajstić information content (AvgIpc) is 2.80. The Morgan fingerprint density at radius 3 is 2.24 bits per heavy atom. The zero-order valence-corrected chi connectivity index (χ0v) is 15.7. The molecule has 1 heterocycles. The maximum absolute atomic E-state index is 12.9. The molecule has 0 unspecified atom stereocenters. The van der Waals surface area contributed by atoms with Crippen LogP contribution in [0.15, 0.2) is 30.3 Å². The highest BCUT2D eigenvalue weighted by molar-refractivity contribution is 5.80. The van der Waals surface area contributed by atoms with E-state index in [1.807, 2.05) is 51.1 Å². The normalized spacial score (nSPS) is 20.6. The summed E-state index contributed by atoms with van der Waals surface area (Å²) in [7, 11) is 1.29. The van der Waals surface area contributed by atoms with Crippen LogP contribution in [-0.4, -0.2) is 48.0 Å². The SMILES string of the molecule is COC(=O)[C@@H](OC(=O)N1C(C)(C)COC1(C)C)[C@@H](C)c1ccccc1. The first-order valence-corrected chi connectivity index (χ1v) is 8.38. The first kappa shape index (κ1) is 19.2. The smallest absolute Gasteiger partial charge is 0.413 e. The van der Waals surface area contributed by atoms with Crippen LogP contribution in [0.4, 0.5) is 4.79 Å². The summed E-state index contributed by atoms with van der Waals surface area (Å²) in [6, 6.07) is 9.43. The van der Waals surface area contributed by atoms with Gasteiger partial charge in [-0.05, 0) is 33.3 Å². The van der Waals surface area contributed by atoms with Crippen LogP contribution >= 0.6 is 0 Å². The van der Waals surface area contributed by atoms with Gasteiger partial charge in [-0.3, -0.25) is 4.90 Å². The maximum Gasteiger partial charge on any atom is 0.413 e. The summed E-state index contributed by atoms with van der Waals surface area (Å²) < 4.78 is 16.2. The number of nitrogens with zero attached hydrogens (tertiary/aromatic N) is 1. The molecule has 1 aliphatic heterocycles. The van der Waals surface area contributed by atoms with Crippen molar-refractivity contribution in [3.8, 4) is 0 Å². The molecule has 2 atom stereocenters. The van der Waals surface area contributed by atoms with Crippen molar-refractivity contribution in [2.45, 2.75) is 57.9 Å². The predicted molar refractivity (Wildman–Crippen MR) is 93.1 cm³/mol. The van der Waals surface area contributed by atoms with Gasteiger partial charge >= 0.3 is 12.1 Å². The summed E-state index contributed by atoms with van der Waals surface area (Å²) in [4.78, 5) is 26.6. The molecule has 2 rings (SSSR count). The Bertz CT molecular complexity index is 610. The van der Waals surface area contributed by atoms with Crippen LogP contribution in [0.3, 0.4) is 0 Å². The number of benzene rings is 1. The third kappa shape index (κ3) is 3.95. The molecule has 0 aliphatic carbocycles. The minimum Gasteiger partial charge on any atom is -0.466 e. The molecule has 6 nitrogen and oxygen atoms in total. The van der Waals surface area contributed by atoms with Crippen molar-refractivity contribution >= 4 is 12.1 Å². The Morgan fingerprint density at radius 1 is 1.16 bits per heavy atom. The Labute approximate surface area is 149 Å². The molecule has 138 valence electrons. The van der Waals surface area contributed by atoms with Gasteiger partial charge in [0.05, 0.1) is 19.3 Å². The van der Waals surface area contributed by atoms with Crippen LogP contribution in [0.25, 0.3) is 0 Å². The van der Waals surface area contributed by atoms with E-state index < -0.39 is 29.4 Å². The van der Waals surface area contributed by atoms with Gasteiger partial charge in [0.1, 0.15) is 5.72 Å². The number of carbonyl (C=O) groups excluding carboxylic acids is 2. The van der Waals surface area contributed by atoms with Gasteiger partial charge in [0.25, 0.3) is 0 Å². The number of hydrogen-bond acceptors (Lipinski definition) is 5. The lowest BCUT2D eigenvalue weighted by Gasteiger charge is -2.38. The monoisotopic (exact) mass is 349 g/mol. The zero-order valence-electron chi connectivity index (χ0n) is 15.7. The van der Waals surface area contributed by atoms with Crippen LogP contribution in [0.1, 0.15) is 46.1 Å². The van der Waals surface area contributed by atoms with Crippen molar-refractivity contribution in [1.82, 2.24) is 4.90 Å². The molecule has 0 radical (unpaired) electrons. The third-order valence-electron chi connectivity index (χ3n) is 4.55.